The van der Waals surface area contributed by atoms with E-state index in [1.54, 1.807) is 19.1 Å². The Bertz CT molecular complexity index is 454. The van der Waals surface area contributed by atoms with Crippen LogP contribution < -0.4 is 0 Å². The van der Waals surface area contributed by atoms with Crippen molar-refractivity contribution in [2.24, 2.45) is 0 Å². The topological polar surface area (TPSA) is 29.5 Å². The molecule has 2 rings (SSSR count). The molecule has 1 aromatic carbocycles. The second kappa shape index (κ2) is 4.82. The second-order valence-electron chi connectivity index (χ2n) is 5.10. The molecule has 1 N–H and O–H groups in total. The molecule has 1 saturated heterocycles. The molecule has 0 saturated carbocycles. The van der Waals surface area contributed by atoms with Crippen molar-refractivity contribution in [3.8, 4) is 0 Å². The van der Waals surface area contributed by atoms with E-state index in [0.29, 0.717) is 11.1 Å². The van der Waals surface area contributed by atoms with E-state index in [-0.39, 0.29) is 18.0 Å². The van der Waals surface area contributed by atoms with E-state index < -0.39 is 5.60 Å². The van der Waals surface area contributed by atoms with Gasteiger partial charge < -0.3 is 9.84 Å². The molecule has 0 bridgehead atoms. The first-order valence-corrected chi connectivity index (χ1v) is 6.25. The van der Waals surface area contributed by atoms with Crippen molar-refractivity contribution >= 4 is 6.08 Å². The highest BCUT2D eigenvalue weighted by molar-refractivity contribution is 5.50. The van der Waals surface area contributed by atoms with Gasteiger partial charge in [-0.3, -0.25) is 0 Å². The van der Waals surface area contributed by atoms with E-state index in [9.17, 15) is 9.50 Å². The van der Waals surface area contributed by atoms with E-state index in [4.69, 9.17) is 4.74 Å². The van der Waals surface area contributed by atoms with Crippen LogP contribution in [0.5, 0.6) is 0 Å². The summed E-state index contributed by atoms with van der Waals surface area (Å²) in [5, 5.41) is 10.6. The molecule has 1 fully saturated rings. The average Bonchev–Trinajstić information content (AvgIpc) is 2.77. The highest BCUT2D eigenvalue weighted by Gasteiger charge is 2.39. The van der Waals surface area contributed by atoms with Gasteiger partial charge in [0.1, 0.15) is 11.4 Å². The summed E-state index contributed by atoms with van der Waals surface area (Å²) in [5.41, 5.74) is -0.0346. The van der Waals surface area contributed by atoms with Gasteiger partial charge in [0.15, 0.2) is 0 Å². The van der Waals surface area contributed by atoms with Gasteiger partial charge in [-0.2, -0.15) is 0 Å². The second-order valence-corrected chi connectivity index (χ2v) is 5.10. The molecule has 1 aromatic rings. The van der Waals surface area contributed by atoms with E-state index in [1.165, 1.54) is 12.1 Å². The van der Waals surface area contributed by atoms with Crippen molar-refractivity contribution in [3.63, 3.8) is 0 Å². The molecule has 0 aromatic heterocycles. The highest BCUT2D eigenvalue weighted by atomic mass is 19.1. The molecule has 1 aliphatic heterocycles. The number of hydrogen-bond acceptors (Lipinski definition) is 2. The third kappa shape index (κ3) is 2.33. The molecule has 18 heavy (non-hydrogen) atoms. The standard InChI is InChI=1S/C15H19FO2/c1-4-11-9-12(6-7-13(11)16)15(3,17)14-8-5-10(2)18-14/h4,6-7,9-10,14,17H,1,5,8H2,2-3H3/t10-,14-,15-/m0/s1. The molecule has 3 atom stereocenters. The Hall–Kier alpha value is -1.19. The van der Waals surface area contributed by atoms with Gasteiger partial charge in [0.25, 0.3) is 0 Å². The Morgan fingerprint density at radius 3 is 2.78 bits per heavy atom. The van der Waals surface area contributed by atoms with E-state index in [1.807, 2.05) is 6.92 Å². The molecule has 0 unspecified atom stereocenters. The highest BCUT2D eigenvalue weighted by Crippen LogP contribution is 2.35. The van der Waals surface area contributed by atoms with Crippen molar-refractivity contribution in [2.75, 3.05) is 0 Å². The maximum atomic E-state index is 13.4. The van der Waals surface area contributed by atoms with Crippen LogP contribution in [0.1, 0.15) is 37.8 Å². The van der Waals surface area contributed by atoms with Gasteiger partial charge in [-0.15, -0.1) is 0 Å². The lowest BCUT2D eigenvalue weighted by atomic mass is 9.87. The fourth-order valence-corrected chi connectivity index (χ4v) is 2.42. The summed E-state index contributed by atoms with van der Waals surface area (Å²) in [6.45, 7) is 7.29. The first kappa shape index (κ1) is 13.2. The van der Waals surface area contributed by atoms with Crippen LogP contribution in [-0.2, 0) is 10.3 Å². The molecule has 98 valence electrons. The zero-order chi connectivity index (χ0) is 13.3. The Morgan fingerprint density at radius 1 is 1.50 bits per heavy atom. The van der Waals surface area contributed by atoms with Gasteiger partial charge in [0.2, 0.25) is 0 Å². The molecule has 0 spiro atoms. The smallest absolute Gasteiger partial charge is 0.130 e. The van der Waals surface area contributed by atoms with E-state index in [2.05, 4.69) is 6.58 Å². The molecule has 0 radical (unpaired) electrons. The van der Waals surface area contributed by atoms with Crippen molar-refractivity contribution in [1.82, 2.24) is 0 Å². The lowest BCUT2D eigenvalue weighted by Crippen LogP contribution is -2.36. The molecular formula is C15H19FO2. The predicted molar refractivity (Wildman–Crippen MR) is 69.6 cm³/mol. The van der Waals surface area contributed by atoms with Crippen molar-refractivity contribution < 1.29 is 14.2 Å². The van der Waals surface area contributed by atoms with Gasteiger partial charge in [0, 0.05) is 5.56 Å². The normalized spacial score (nSPS) is 26.9. The third-order valence-corrected chi connectivity index (χ3v) is 3.66. The quantitative estimate of drug-likeness (QED) is 0.892. The summed E-state index contributed by atoms with van der Waals surface area (Å²) in [6, 6.07) is 4.60. The maximum Gasteiger partial charge on any atom is 0.130 e. The lowest BCUT2D eigenvalue weighted by Gasteiger charge is -2.30. The lowest BCUT2D eigenvalue weighted by molar-refractivity contribution is -0.0943. The van der Waals surface area contributed by atoms with Crippen molar-refractivity contribution in [3.05, 3.63) is 41.7 Å². The number of ether oxygens (including phenoxy) is 1. The van der Waals surface area contributed by atoms with Gasteiger partial charge in [-0.05, 0) is 44.4 Å². The van der Waals surface area contributed by atoms with Crippen LogP contribution in [0.25, 0.3) is 6.08 Å². The predicted octanol–water partition coefficient (Wildman–Crippen LogP) is 3.24. The minimum atomic E-state index is -1.10. The van der Waals surface area contributed by atoms with Crippen LogP contribution in [-0.4, -0.2) is 17.3 Å². The monoisotopic (exact) mass is 250 g/mol. The van der Waals surface area contributed by atoms with Crippen LogP contribution in [0, 0.1) is 5.82 Å². The summed E-state index contributed by atoms with van der Waals surface area (Å²) < 4.78 is 19.1. The summed E-state index contributed by atoms with van der Waals surface area (Å²) in [4.78, 5) is 0. The zero-order valence-corrected chi connectivity index (χ0v) is 10.8. The molecule has 1 aliphatic rings. The number of aliphatic hydroxyl groups is 1. The first-order valence-electron chi connectivity index (χ1n) is 6.25. The van der Waals surface area contributed by atoms with Crippen LogP contribution >= 0.6 is 0 Å². The van der Waals surface area contributed by atoms with Crippen LogP contribution in [0.3, 0.4) is 0 Å². The summed E-state index contributed by atoms with van der Waals surface area (Å²) >= 11 is 0. The molecule has 0 aliphatic carbocycles. The summed E-state index contributed by atoms with van der Waals surface area (Å²) in [5.74, 6) is -0.328. The molecule has 3 heteroatoms. The largest absolute Gasteiger partial charge is 0.383 e. The van der Waals surface area contributed by atoms with Gasteiger partial charge in [0.05, 0.1) is 12.2 Å². The summed E-state index contributed by atoms with van der Waals surface area (Å²) in [6.07, 6.45) is 3.13. The van der Waals surface area contributed by atoms with E-state index in [0.717, 1.165) is 12.8 Å². The Morgan fingerprint density at radius 2 is 2.22 bits per heavy atom. The maximum absolute atomic E-state index is 13.4. The fraction of sp³-hybridized carbons (Fsp3) is 0.467. The van der Waals surface area contributed by atoms with Gasteiger partial charge >= 0.3 is 0 Å². The zero-order valence-electron chi connectivity index (χ0n) is 10.8. The number of benzene rings is 1. The Kier molecular flexibility index (Phi) is 3.55. The third-order valence-electron chi connectivity index (χ3n) is 3.66. The number of hydrogen-bond donors (Lipinski definition) is 1. The summed E-state index contributed by atoms with van der Waals surface area (Å²) in [7, 11) is 0. The fourth-order valence-electron chi connectivity index (χ4n) is 2.42. The molecule has 1 heterocycles. The Labute approximate surface area is 107 Å². The van der Waals surface area contributed by atoms with Gasteiger partial charge in [-0.25, -0.2) is 4.39 Å². The SMILES string of the molecule is C=Cc1cc([C@](C)(O)[C@@H]2CC[C@H](C)O2)ccc1F. The van der Waals surface area contributed by atoms with Crippen molar-refractivity contribution in [1.29, 1.82) is 0 Å². The molecular weight excluding hydrogens is 231 g/mol. The number of halogens is 1. The number of rotatable bonds is 3. The molecule has 2 nitrogen and oxygen atoms in total. The minimum absolute atomic E-state index is 0.167. The first-order chi connectivity index (χ1) is 8.45. The van der Waals surface area contributed by atoms with Crippen molar-refractivity contribution in [2.45, 2.75) is 44.5 Å². The van der Waals surface area contributed by atoms with Crippen LogP contribution in [0.4, 0.5) is 4.39 Å². The Balaban J connectivity index is 2.31. The van der Waals surface area contributed by atoms with Gasteiger partial charge in [-0.1, -0.05) is 18.7 Å². The average molecular weight is 250 g/mol. The molecule has 0 amide bonds. The minimum Gasteiger partial charge on any atom is -0.383 e. The van der Waals surface area contributed by atoms with E-state index >= 15 is 0 Å². The van der Waals surface area contributed by atoms with Crippen LogP contribution in [0.15, 0.2) is 24.8 Å². The van der Waals surface area contributed by atoms with Crippen LogP contribution in [0.2, 0.25) is 0 Å².